The van der Waals surface area contributed by atoms with Crippen molar-refractivity contribution in [1.29, 1.82) is 5.26 Å². The Hall–Kier alpha value is -4.46. The van der Waals surface area contributed by atoms with Crippen LogP contribution in [0.5, 0.6) is 0 Å². The Morgan fingerprint density at radius 2 is 1.97 bits per heavy atom. The highest BCUT2D eigenvalue weighted by molar-refractivity contribution is 6.02. The summed E-state index contributed by atoms with van der Waals surface area (Å²) < 4.78 is 1.66. The van der Waals surface area contributed by atoms with Gasteiger partial charge in [-0.25, -0.2) is 4.52 Å². The zero-order chi connectivity index (χ0) is 27.9. The van der Waals surface area contributed by atoms with Crippen molar-refractivity contribution in [2.45, 2.75) is 52.1 Å². The van der Waals surface area contributed by atoms with E-state index in [0.717, 1.165) is 17.5 Å². The minimum atomic E-state index is -0.870. The zero-order valence-corrected chi connectivity index (χ0v) is 22.3. The van der Waals surface area contributed by atoms with Crippen LogP contribution >= 0.6 is 0 Å². The van der Waals surface area contributed by atoms with Crippen LogP contribution in [-0.2, 0) is 4.79 Å². The molecule has 1 aliphatic carbocycles. The van der Waals surface area contributed by atoms with Crippen LogP contribution in [0.25, 0.3) is 16.6 Å². The molecule has 0 radical (unpaired) electrons. The summed E-state index contributed by atoms with van der Waals surface area (Å²) in [5.74, 6) is -0.820. The summed E-state index contributed by atoms with van der Waals surface area (Å²) in [5.41, 5.74) is 8.21. The molecule has 3 aromatic heterocycles. The number of nitriles is 1. The maximum atomic E-state index is 13.0. The Balaban J connectivity index is 1.45. The van der Waals surface area contributed by atoms with Gasteiger partial charge in [0.2, 0.25) is 5.91 Å². The van der Waals surface area contributed by atoms with Crippen LogP contribution in [0.15, 0.2) is 36.8 Å². The Labute approximate surface area is 226 Å². The standard InChI is InChI=1S/C28H32N8O3/c1-4-17-12-35(27(39)28(15-29)7-8-28)14-22(17)34-24-20(25(30)37)11-32-36-13-19(9-23(24)36)18-5-6-21(31-10-18)26(38)33-16(2)3/h5-6,9-11,13,16-17,22,34H,4,7-8,12,14H2,1-3H3,(H2,30,37)(H,33,38)/t17-,22+/m0/s1. The molecule has 39 heavy (non-hydrogen) atoms. The molecule has 2 atom stereocenters. The number of amides is 3. The summed E-state index contributed by atoms with van der Waals surface area (Å²) in [6.07, 6.45) is 6.92. The SMILES string of the molecule is CC[C@H]1CN(C(=O)C2(C#N)CC2)C[C@H]1Nc1c(C(N)=O)cnn2cc(-c3ccc(C(=O)NC(C)C)nc3)cc12. The topological polar surface area (TPSA) is 159 Å². The average Bonchev–Trinajstić information content (AvgIpc) is 3.42. The number of rotatable bonds is 8. The van der Waals surface area contributed by atoms with E-state index in [-0.39, 0.29) is 35.4 Å². The van der Waals surface area contributed by atoms with Gasteiger partial charge in [-0.15, -0.1) is 0 Å². The van der Waals surface area contributed by atoms with Crippen LogP contribution in [0, 0.1) is 22.7 Å². The molecule has 5 rings (SSSR count). The minimum Gasteiger partial charge on any atom is -0.378 e. The van der Waals surface area contributed by atoms with Crippen molar-refractivity contribution in [2.75, 3.05) is 18.4 Å². The van der Waals surface area contributed by atoms with E-state index in [2.05, 4.69) is 33.7 Å². The number of hydrogen-bond donors (Lipinski definition) is 3. The van der Waals surface area contributed by atoms with E-state index < -0.39 is 11.3 Å². The first-order valence-electron chi connectivity index (χ1n) is 13.2. The second-order valence-electron chi connectivity index (χ2n) is 10.7. The van der Waals surface area contributed by atoms with E-state index in [1.807, 2.05) is 32.2 Å². The van der Waals surface area contributed by atoms with Crippen LogP contribution in [0.2, 0.25) is 0 Å². The highest BCUT2D eigenvalue weighted by Gasteiger charge is 2.54. The number of anilines is 1. The van der Waals surface area contributed by atoms with Crippen molar-refractivity contribution in [3.63, 3.8) is 0 Å². The number of nitrogens with zero attached hydrogens (tertiary/aromatic N) is 5. The quantitative estimate of drug-likeness (QED) is 0.405. The maximum Gasteiger partial charge on any atom is 0.270 e. The molecule has 3 amide bonds. The van der Waals surface area contributed by atoms with Gasteiger partial charge in [-0.1, -0.05) is 13.0 Å². The van der Waals surface area contributed by atoms with Crippen LogP contribution in [0.3, 0.4) is 0 Å². The third-order valence-corrected chi connectivity index (χ3v) is 7.61. The summed E-state index contributed by atoms with van der Waals surface area (Å²) in [5, 5.41) is 20.2. The van der Waals surface area contributed by atoms with Crippen molar-refractivity contribution < 1.29 is 14.4 Å². The van der Waals surface area contributed by atoms with E-state index in [9.17, 15) is 19.6 Å². The van der Waals surface area contributed by atoms with Crippen molar-refractivity contribution in [1.82, 2.24) is 24.8 Å². The van der Waals surface area contributed by atoms with Gasteiger partial charge < -0.3 is 21.3 Å². The molecule has 0 bridgehead atoms. The lowest BCUT2D eigenvalue weighted by Crippen LogP contribution is -2.36. The first-order valence-corrected chi connectivity index (χ1v) is 13.2. The van der Waals surface area contributed by atoms with Crippen LogP contribution in [0.1, 0.15) is 60.9 Å². The minimum absolute atomic E-state index is 0.00531. The first kappa shape index (κ1) is 26.2. The Kier molecular flexibility index (Phi) is 6.72. The molecular formula is C28H32N8O3. The number of likely N-dealkylation sites (tertiary alicyclic amines) is 1. The third-order valence-electron chi connectivity index (χ3n) is 7.61. The van der Waals surface area contributed by atoms with Gasteiger partial charge >= 0.3 is 0 Å². The lowest BCUT2D eigenvalue weighted by Gasteiger charge is -2.22. The van der Waals surface area contributed by atoms with Gasteiger partial charge in [0.05, 0.1) is 29.0 Å². The van der Waals surface area contributed by atoms with Gasteiger partial charge in [-0.2, -0.15) is 10.4 Å². The van der Waals surface area contributed by atoms with Crippen LogP contribution in [0.4, 0.5) is 5.69 Å². The van der Waals surface area contributed by atoms with E-state index in [0.29, 0.717) is 42.8 Å². The van der Waals surface area contributed by atoms with Gasteiger partial charge in [0.15, 0.2) is 0 Å². The van der Waals surface area contributed by atoms with Gasteiger partial charge in [0.25, 0.3) is 11.8 Å². The normalized spacial score (nSPS) is 19.6. The molecule has 202 valence electrons. The fourth-order valence-electron chi connectivity index (χ4n) is 5.19. The number of hydrogen-bond acceptors (Lipinski definition) is 7. The molecule has 1 saturated heterocycles. The highest BCUT2D eigenvalue weighted by atomic mass is 16.2. The molecule has 11 nitrogen and oxygen atoms in total. The number of primary amides is 1. The number of aromatic nitrogens is 3. The summed E-state index contributed by atoms with van der Waals surface area (Å²) in [4.78, 5) is 43.8. The van der Waals surface area contributed by atoms with E-state index in [1.165, 1.54) is 6.20 Å². The fourth-order valence-corrected chi connectivity index (χ4v) is 5.19. The van der Waals surface area contributed by atoms with Crippen molar-refractivity contribution in [2.24, 2.45) is 17.1 Å². The second kappa shape index (κ2) is 10.0. The summed E-state index contributed by atoms with van der Waals surface area (Å²) in [7, 11) is 0. The predicted octanol–water partition coefficient (Wildman–Crippen LogP) is 2.59. The van der Waals surface area contributed by atoms with Crippen LogP contribution in [-0.4, -0.2) is 62.4 Å². The molecule has 2 aliphatic rings. The predicted molar refractivity (Wildman–Crippen MR) is 145 cm³/mol. The number of carbonyl (C=O) groups is 3. The Morgan fingerprint density at radius 1 is 1.21 bits per heavy atom. The Morgan fingerprint density at radius 3 is 2.56 bits per heavy atom. The van der Waals surface area contributed by atoms with Gasteiger partial charge in [0, 0.05) is 48.7 Å². The molecule has 0 unspecified atom stereocenters. The molecule has 3 aromatic rings. The number of pyridine rings is 1. The number of carbonyl (C=O) groups excluding carboxylic acids is 3. The summed E-state index contributed by atoms with van der Waals surface area (Å²) in [6.45, 7) is 6.83. The van der Waals surface area contributed by atoms with E-state index in [4.69, 9.17) is 5.73 Å². The fraction of sp³-hybridized carbons (Fsp3) is 0.429. The maximum absolute atomic E-state index is 13.0. The van der Waals surface area contributed by atoms with Gasteiger partial charge in [-0.3, -0.25) is 19.4 Å². The van der Waals surface area contributed by atoms with Crippen molar-refractivity contribution in [3.8, 4) is 17.2 Å². The number of fused-ring (bicyclic) bond motifs is 1. The molecule has 4 heterocycles. The third kappa shape index (κ3) is 4.90. The molecular weight excluding hydrogens is 496 g/mol. The van der Waals surface area contributed by atoms with Gasteiger partial charge in [-0.05, 0) is 51.2 Å². The van der Waals surface area contributed by atoms with E-state index >= 15 is 0 Å². The summed E-state index contributed by atoms with van der Waals surface area (Å²) >= 11 is 0. The lowest BCUT2D eigenvalue weighted by molar-refractivity contribution is -0.134. The molecule has 1 saturated carbocycles. The molecule has 11 heteroatoms. The monoisotopic (exact) mass is 528 g/mol. The molecule has 0 spiro atoms. The number of nitrogens with one attached hydrogen (secondary N) is 2. The smallest absolute Gasteiger partial charge is 0.270 e. The first-order chi connectivity index (χ1) is 18.7. The van der Waals surface area contributed by atoms with Crippen molar-refractivity contribution in [3.05, 3.63) is 48.0 Å². The summed E-state index contributed by atoms with van der Waals surface area (Å²) in [6, 6.07) is 7.45. The lowest BCUT2D eigenvalue weighted by atomic mass is 10.00. The molecule has 1 aliphatic heterocycles. The average molecular weight is 529 g/mol. The highest BCUT2D eigenvalue weighted by Crippen LogP contribution is 2.47. The number of nitrogens with two attached hydrogens (primary N) is 1. The second-order valence-corrected chi connectivity index (χ2v) is 10.7. The molecule has 4 N–H and O–H groups in total. The van der Waals surface area contributed by atoms with E-state index in [1.54, 1.807) is 21.7 Å². The zero-order valence-electron chi connectivity index (χ0n) is 22.3. The van der Waals surface area contributed by atoms with Crippen LogP contribution < -0.4 is 16.4 Å². The van der Waals surface area contributed by atoms with Gasteiger partial charge in [0.1, 0.15) is 11.1 Å². The largest absolute Gasteiger partial charge is 0.378 e. The van der Waals surface area contributed by atoms with Crippen molar-refractivity contribution >= 4 is 28.9 Å². The Bertz CT molecular complexity index is 1480. The molecule has 2 fully saturated rings. The molecule has 0 aromatic carbocycles.